The summed E-state index contributed by atoms with van der Waals surface area (Å²) in [5, 5.41) is 0. The molecule has 0 unspecified atom stereocenters. The van der Waals surface area contributed by atoms with E-state index in [0.717, 1.165) is 11.3 Å². The number of rotatable bonds is 2. The second-order valence-corrected chi connectivity index (χ2v) is 9.99. The van der Waals surface area contributed by atoms with Crippen molar-refractivity contribution in [1.82, 2.24) is 4.98 Å². The molecule has 3 heteroatoms. The Balaban J connectivity index is 1.30. The summed E-state index contributed by atoms with van der Waals surface area (Å²) in [5.41, 5.74) is 15.0. The molecule has 0 atom stereocenters. The molecular formula is C35H23BN2. The fraction of sp³-hybridized carbons (Fsp3) is 0. The van der Waals surface area contributed by atoms with Crippen molar-refractivity contribution in [3.63, 3.8) is 0 Å². The van der Waals surface area contributed by atoms with Crippen LogP contribution in [0.25, 0.3) is 44.6 Å². The second-order valence-electron chi connectivity index (χ2n) is 9.99. The van der Waals surface area contributed by atoms with Gasteiger partial charge in [-0.15, -0.1) is 0 Å². The Labute approximate surface area is 223 Å². The van der Waals surface area contributed by atoms with Crippen LogP contribution in [0.2, 0.25) is 0 Å². The molecular weight excluding hydrogens is 459 g/mol. The predicted octanol–water partition coefficient (Wildman–Crippen LogP) is 7.32. The highest BCUT2D eigenvalue weighted by Gasteiger charge is 2.41. The van der Waals surface area contributed by atoms with Crippen molar-refractivity contribution in [3.8, 4) is 44.6 Å². The Kier molecular flexibility index (Phi) is 4.65. The highest BCUT2D eigenvalue weighted by molar-refractivity contribution is 6.92. The minimum atomic E-state index is 0.147. The third-order valence-electron chi connectivity index (χ3n) is 7.95. The van der Waals surface area contributed by atoms with Crippen molar-refractivity contribution in [1.29, 1.82) is 0 Å². The lowest BCUT2D eigenvalue weighted by Gasteiger charge is -2.43. The maximum atomic E-state index is 4.50. The normalized spacial score (nSPS) is 12.6. The van der Waals surface area contributed by atoms with Gasteiger partial charge in [-0.05, 0) is 63.5 Å². The number of hydrogen-bond acceptors (Lipinski definition) is 2. The summed E-state index contributed by atoms with van der Waals surface area (Å²) in [6.45, 7) is 0.147. The van der Waals surface area contributed by atoms with E-state index in [9.17, 15) is 0 Å². The number of anilines is 2. The zero-order valence-corrected chi connectivity index (χ0v) is 20.8. The molecule has 0 N–H and O–H groups in total. The van der Waals surface area contributed by atoms with Crippen LogP contribution in [0.3, 0.4) is 0 Å². The molecule has 2 aliphatic heterocycles. The Morgan fingerprint density at radius 1 is 0.447 bits per heavy atom. The van der Waals surface area contributed by atoms with E-state index in [4.69, 9.17) is 0 Å². The van der Waals surface area contributed by atoms with Gasteiger partial charge in [0, 0.05) is 34.3 Å². The van der Waals surface area contributed by atoms with Crippen molar-refractivity contribution >= 4 is 29.1 Å². The molecule has 176 valence electrons. The molecule has 0 amide bonds. The standard InChI is InChI=1S/C35H23BN2/c1-4-12-31-27(9-1)29-11-3-6-15-34(29)38-35-21-20-26(23-30(35)28-10-2-5-13-32(28)36(31)38)24-16-18-25(19-17-24)33-14-7-8-22-37-33/h1-23H. The van der Waals surface area contributed by atoms with E-state index >= 15 is 0 Å². The Hall–Kier alpha value is -4.89. The molecule has 38 heavy (non-hydrogen) atoms. The van der Waals surface area contributed by atoms with Crippen molar-refractivity contribution < 1.29 is 0 Å². The van der Waals surface area contributed by atoms with Crippen molar-refractivity contribution in [3.05, 3.63) is 140 Å². The van der Waals surface area contributed by atoms with Crippen LogP contribution >= 0.6 is 0 Å². The topological polar surface area (TPSA) is 16.1 Å². The highest BCUT2D eigenvalue weighted by atomic mass is 15.1. The molecule has 3 heterocycles. The number of benzene rings is 5. The summed E-state index contributed by atoms with van der Waals surface area (Å²) in [6.07, 6.45) is 1.84. The van der Waals surface area contributed by atoms with Crippen molar-refractivity contribution in [2.75, 3.05) is 4.81 Å². The highest BCUT2D eigenvalue weighted by Crippen LogP contribution is 2.46. The summed E-state index contributed by atoms with van der Waals surface area (Å²) < 4.78 is 0. The maximum Gasteiger partial charge on any atom is 0.329 e. The molecule has 8 rings (SSSR count). The van der Waals surface area contributed by atoms with Crippen LogP contribution in [0.15, 0.2) is 140 Å². The fourth-order valence-corrected chi connectivity index (χ4v) is 6.23. The molecule has 0 fully saturated rings. The average Bonchev–Trinajstić information content (AvgIpc) is 3.01. The Bertz CT molecular complexity index is 1830. The maximum absolute atomic E-state index is 4.50. The van der Waals surface area contributed by atoms with Gasteiger partial charge < -0.3 is 4.81 Å². The number of pyridine rings is 1. The molecule has 0 saturated heterocycles. The number of fused-ring (bicyclic) bond motifs is 11. The smallest absolute Gasteiger partial charge is 0.329 e. The van der Waals surface area contributed by atoms with Crippen molar-refractivity contribution in [2.45, 2.75) is 0 Å². The van der Waals surface area contributed by atoms with Gasteiger partial charge in [-0.3, -0.25) is 4.98 Å². The van der Waals surface area contributed by atoms with E-state index in [2.05, 4.69) is 131 Å². The van der Waals surface area contributed by atoms with Crippen LogP contribution in [0.1, 0.15) is 0 Å². The predicted molar refractivity (Wildman–Crippen MR) is 160 cm³/mol. The number of nitrogens with zero attached hydrogens (tertiary/aromatic N) is 2. The lowest BCUT2D eigenvalue weighted by atomic mass is 9.43. The van der Waals surface area contributed by atoms with Gasteiger partial charge in [0.25, 0.3) is 0 Å². The van der Waals surface area contributed by atoms with Crippen LogP contribution in [-0.2, 0) is 0 Å². The van der Waals surface area contributed by atoms with Gasteiger partial charge in [0.2, 0.25) is 0 Å². The van der Waals surface area contributed by atoms with E-state index in [0.29, 0.717) is 0 Å². The molecule has 2 nitrogen and oxygen atoms in total. The molecule has 5 aromatic carbocycles. The van der Waals surface area contributed by atoms with Gasteiger partial charge in [0.15, 0.2) is 0 Å². The van der Waals surface area contributed by atoms with E-state index in [1.807, 2.05) is 18.3 Å². The zero-order valence-electron chi connectivity index (χ0n) is 20.8. The number of aromatic nitrogens is 1. The first kappa shape index (κ1) is 21.2. The van der Waals surface area contributed by atoms with E-state index in [-0.39, 0.29) is 6.85 Å². The first-order chi connectivity index (χ1) is 18.9. The number of hydrogen-bond donors (Lipinski definition) is 0. The Morgan fingerprint density at radius 3 is 1.76 bits per heavy atom. The van der Waals surface area contributed by atoms with E-state index in [1.54, 1.807) is 0 Å². The summed E-state index contributed by atoms with van der Waals surface area (Å²) >= 11 is 0. The molecule has 0 radical (unpaired) electrons. The Morgan fingerprint density at radius 2 is 1.03 bits per heavy atom. The lowest BCUT2D eigenvalue weighted by Crippen LogP contribution is -2.59. The largest absolute Gasteiger partial charge is 0.376 e. The fourth-order valence-electron chi connectivity index (χ4n) is 6.23. The summed E-state index contributed by atoms with van der Waals surface area (Å²) in [7, 11) is 0. The van der Waals surface area contributed by atoms with Crippen LogP contribution < -0.4 is 15.7 Å². The lowest BCUT2D eigenvalue weighted by molar-refractivity contribution is 1.33. The third kappa shape index (κ3) is 3.12. The molecule has 6 aromatic rings. The zero-order chi connectivity index (χ0) is 25.1. The van der Waals surface area contributed by atoms with Gasteiger partial charge in [0.05, 0.1) is 5.69 Å². The molecule has 0 bridgehead atoms. The molecule has 2 aliphatic rings. The first-order valence-corrected chi connectivity index (χ1v) is 13.1. The minimum absolute atomic E-state index is 0.147. The monoisotopic (exact) mass is 482 g/mol. The summed E-state index contributed by atoms with van der Waals surface area (Å²) in [4.78, 5) is 7.05. The van der Waals surface area contributed by atoms with Crippen molar-refractivity contribution in [2.24, 2.45) is 0 Å². The van der Waals surface area contributed by atoms with Crippen LogP contribution in [-0.4, -0.2) is 11.8 Å². The average molecular weight is 482 g/mol. The van der Waals surface area contributed by atoms with Crippen LogP contribution in [0, 0.1) is 0 Å². The van der Waals surface area contributed by atoms with Crippen LogP contribution in [0.4, 0.5) is 11.4 Å². The second kappa shape index (κ2) is 8.32. The quantitative estimate of drug-likeness (QED) is 0.241. The summed E-state index contributed by atoms with van der Waals surface area (Å²) in [6, 6.07) is 48.3. The SMILES string of the molecule is c1ccc(-c2ccc(-c3ccc4c(c3)-c3ccccc3B3c5ccccc5-c5ccccc5N34)cc2)nc1. The van der Waals surface area contributed by atoms with Gasteiger partial charge >= 0.3 is 6.85 Å². The van der Waals surface area contributed by atoms with E-state index in [1.165, 1.54) is 55.7 Å². The molecule has 1 aromatic heterocycles. The van der Waals surface area contributed by atoms with Gasteiger partial charge in [-0.2, -0.15) is 0 Å². The molecule has 0 spiro atoms. The minimum Gasteiger partial charge on any atom is -0.376 e. The third-order valence-corrected chi connectivity index (χ3v) is 7.95. The molecule has 0 saturated carbocycles. The summed E-state index contributed by atoms with van der Waals surface area (Å²) in [5.74, 6) is 0. The van der Waals surface area contributed by atoms with Gasteiger partial charge in [-0.25, -0.2) is 0 Å². The van der Waals surface area contributed by atoms with Gasteiger partial charge in [-0.1, -0.05) is 103 Å². The number of para-hydroxylation sites is 1. The first-order valence-electron chi connectivity index (χ1n) is 13.1. The molecule has 0 aliphatic carbocycles. The van der Waals surface area contributed by atoms with Crippen LogP contribution in [0.5, 0.6) is 0 Å². The van der Waals surface area contributed by atoms with E-state index < -0.39 is 0 Å². The van der Waals surface area contributed by atoms with Gasteiger partial charge in [0.1, 0.15) is 0 Å².